The van der Waals surface area contributed by atoms with Crippen molar-refractivity contribution in [1.29, 1.82) is 0 Å². The van der Waals surface area contributed by atoms with Gasteiger partial charge in [0.25, 0.3) is 0 Å². The molecule has 0 heterocycles. The molecule has 0 aromatic carbocycles. The summed E-state index contributed by atoms with van der Waals surface area (Å²) in [4.78, 5) is 20.2. The zero-order valence-electron chi connectivity index (χ0n) is 6.41. The van der Waals surface area contributed by atoms with Crippen LogP contribution in [0.2, 0.25) is 0 Å². The van der Waals surface area contributed by atoms with Crippen LogP contribution < -0.4 is 5.73 Å². The van der Waals surface area contributed by atoms with Gasteiger partial charge in [0.2, 0.25) is 0 Å². The molecule has 4 nitrogen and oxygen atoms in total. The van der Waals surface area contributed by atoms with E-state index in [4.69, 9.17) is 5.73 Å². The Balaban J connectivity index is 3.10. The summed E-state index contributed by atoms with van der Waals surface area (Å²) in [5, 5.41) is 0. The van der Waals surface area contributed by atoms with Gasteiger partial charge in [0, 0.05) is 6.42 Å². The molecule has 11 heavy (non-hydrogen) atoms. The number of ether oxygens (including phenoxy) is 1. The fourth-order valence-electron chi connectivity index (χ4n) is 0.703. The second-order valence-electron chi connectivity index (χ2n) is 2.19. The van der Waals surface area contributed by atoms with Crippen LogP contribution in [0, 0.1) is 0 Å². The average molecular weight is 159 g/mol. The van der Waals surface area contributed by atoms with Crippen molar-refractivity contribution in [2.75, 3.05) is 6.54 Å². The van der Waals surface area contributed by atoms with E-state index in [9.17, 15) is 9.59 Å². The van der Waals surface area contributed by atoms with E-state index in [1.54, 1.807) is 0 Å². The molecule has 0 amide bonds. The van der Waals surface area contributed by atoms with Crippen LogP contribution in [0.15, 0.2) is 0 Å². The van der Waals surface area contributed by atoms with Gasteiger partial charge in [0.15, 0.2) is 0 Å². The van der Waals surface area contributed by atoms with Gasteiger partial charge in [-0.25, -0.2) is 0 Å². The molecule has 0 spiro atoms. The second-order valence-corrected chi connectivity index (χ2v) is 2.19. The van der Waals surface area contributed by atoms with E-state index >= 15 is 0 Å². The lowest BCUT2D eigenvalue weighted by atomic mass is 10.2. The molecule has 0 bridgehead atoms. The number of esters is 1. The van der Waals surface area contributed by atoms with Gasteiger partial charge < -0.3 is 10.5 Å². The summed E-state index contributed by atoms with van der Waals surface area (Å²) in [7, 11) is 0. The van der Waals surface area contributed by atoms with E-state index in [-0.39, 0.29) is 6.47 Å². The molecule has 0 aromatic heterocycles. The highest BCUT2D eigenvalue weighted by atomic mass is 16.6. The van der Waals surface area contributed by atoms with Crippen LogP contribution in [0.1, 0.15) is 25.7 Å². The van der Waals surface area contributed by atoms with Crippen molar-refractivity contribution in [2.45, 2.75) is 25.7 Å². The number of carbonyl (C=O) groups excluding carboxylic acids is 2. The summed E-state index contributed by atoms with van der Waals surface area (Å²) < 4.78 is 4.07. The lowest BCUT2D eigenvalue weighted by molar-refractivity contribution is -0.151. The minimum atomic E-state index is -0.461. The zero-order valence-corrected chi connectivity index (χ0v) is 6.41. The van der Waals surface area contributed by atoms with E-state index in [1.807, 2.05) is 0 Å². The maximum atomic E-state index is 10.5. The van der Waals surface area contributed by atoms with Crippen molar-refractivity contribution >= 4 is 12.4 Å². The third-order valence-electron chi connectivity index (χ3n) is 1.26. The maximum absolute atomic E-state index is 10.5. The van der Waals surface area contributed by atoms with Crippen LogP contribution in [-0.2, 0) is 14.3 Å². The standard InChI is InChI=1S/C7H13NO3/c8-5-3-1-2-4-7(10)11-6-9/h6H,1-5,8H2. The van der Waals surface area contributed by atoms with Gasteiger partial charge in [0.1, 0.15) is 0 Å². The van der Waals surface area contributed by atoms with E-state index in [1.165, 1.54) is 0 Å². The molecule has 2 N–H and O–H groups in total. The first kappa shape index (κ1) is 10.1. The number of rotatable bonds is 6. The minimum absolute atomic E-state index is 0.158. The molecule has 0 radical (unpaired) electrons. The lowest BCUT2D eigenvalue weighted by Gasteiger charge is -1.96. The molecule has 0 saturated carbocycles. The van der Waals surface area contributed by atoms with Crippen LogP contribution in [0.4, 0.5) is 0 Å². The monoisotopic (exact) mass is 159 g/mol. The van der Waals surface area contributed by atoms with Crippen molar-refractivity contribution in [3.8, 4) is 0 Å². The first-order valence-corrected chi connectivity index (χ1v) is 3.64. The molecule has 4 heteroatoms. The smallest absolute Gasteiger partial charge is 0.313 e. The van der Waals surface area contributed by atoms with E-state index in [0.717, 1.165) is 19.3 Å². The fraction of sp³-hybridized carbons (Fsp3) is 0.714. The topological polar surface area (TPSA) is 69.4 Å². The number of unbranched alkanes of at least 4 members (excludes halogenated alkanes) is 2. The summed E-state index contributed by atoms with van der Waals surface area (Å²) in [6.07, 6.45) is 2.86. The number of nitrogens with two attached hydrogens (primary N) is 1. The van der Waals surface area contributed by atoms with Crippen LogP contribution in [0.3, 0.4) is 0 Å². The highest BCUT2D eigenvalue weighted by Gasteiger charge is 1.99. The third-order valence-corrected chi connectivity index (χ3v) is 1.26. The highest BCUT2D eigenvalue weighted by Crippen LogP contribution is 1.99. The Morgan fingerprint density at radius 1 is 1.36 bits per heavy atom. The third kappa shape index (κ3) is 6.99. The van der Waals surface area contributed by atoms with Crippen molar-refractivity contribution in [1.82, 2.24) is 0 Å². The van der Waals surface area contributed by atoms with Gasteiger partial charge in [-0.3, -0.25) is 9.59 Å². The van der Waals surface area contributed by atoms with Crippen LogP contribution in [0.25, 0.3) is 0 Å². The molecule has 0 atom stereocenters. The van der Waals surface area contributed by atoms with Crippen molar-refractivity contribution in [3.63, 3.8) is 0 Å². The molecular formula is C7H13NO3. The Morgan fingerprint density at radius 2 is 2.09 bits per heavy atom. The lowest BCUT2D eigenvalue weighted by Crippen LogP contribution is -2.03. The first-order chi connectivity index (χ1) is 5.31. The van der Waals surface area contributed by atoms with Gasteiger partial charge in [-0.2, -0.15) is 0 Å². The normalized spacial score (nSPS) is 9.18. The number of hydrogen-bond donors (Lipinski definition) is 1. The molecule has 0 aliphatic carbocycles. The molecule has 64 valence electrons. The summed E-state index contributed by atoms with van der Waals surface area (Å²) in [6.45, 7) is 0.800. The summed E-state index contributed by atoms with van der Waals surface area (Å²) >= 11 is 0. The molecular weight excluding hydrogens is 146 g/mol. The Hall–Kier alpha value is -0.900. The van der Waals surface area contributed by atoms with Gasteiger partial charge in [0.05, 0.1) is 0 Å². The van der Waals surface area contributed by atoms with Crippen molar-refractivity contribution in [2.24, 2.45) is 5.73 Å². The second kappa shape index (κ2) is 7.21. The Bertz CT molecular complexity index is 125. The van der Waals surface area contributed by atoms with E-state index < -0.39 is 5.97 Å². The maximum Gasteiger partial charge on any atom is 0.313 e. The first-order valence-electron chi connectivity index (χ1n) is 3.64. The molecule has 0 unspecified atom stereocenters. The van der Waals surface area contributed by atoms with Gasteiger partial charge in [-0.1, -0.05) is 6.42 Å². The molecule has 0 aliphatic rings. The zero-order chi connectivity index (χ0) is 8.53. The fourth-order valence-corrected chi connectivity index (χ4v) is 0.703. The number of hydrogen-bond acceptors (Lipinski definition) is 4. The van der Waals surface area contributed by atoms with Gasteiger partial charge in [-0.05, 0) is 19.4 Å². The van der Waals surface area contributed by atoms with Crippen LogP contribution in [-0.4, -0.2) is 19.0 Å². The Morgan fingerprint density at radius 3 is 2.64 bits per heavy atom. The summed E-state index contributed by atoms with van der Waals surface area (Å²) in [5.41, 5.74) is 5.23. The van der Waals surface area contributed by atoms with Crippen LogP contribution in [0.5, 0.6) is 0 Å². The summed E-state index contributed by atoms with van der Waals surface area (Å²) in [5.74, 6) is -0.461. The van der Waals surface area contributed by atoms with Crippen molar-refractivity contribution in [3.05, 3.63) is 0 Å². The van der Waals surface area contributed by atoms with Crippen molar-refractivity contribution < 1.29 is 14.3 Å². The minimum Gasteiger partial charge on any atom is -0.395 e. The molecule has 0 rings (SSSR count). The predicted octanol–water partition coefficient (Wildman–Crippen LogP) is 0.205. The van der Waals surface area contributed by atoms with E-state index in [0.29, 0.717) is 13.0 Å². The highest BCUT2D eigenvalue weighted by molar-refractivity contribution is 5.76. The van der Waals surface area contributed by atoms with Gasteiger partial charge >= 0.3 is 12.4 Å². The van der Waals surface area contributed by atoms with Crippen LogP contribution >= 0.6 is 0 Å². The van der Waals surface area contributed by atoms with Gasteiger partial charge in [-0.15, -0.1) is 0 Å². The quantitative estimate of drug-likeness (QED) is 0.260. The molecule has 0 aliphatic heterocycles. The molecule has 0 fully saturated rings. The summed E-state index contributed by atoms with van der Waals surface area (Å²) in [6, 6.07) is 0. The predicted molar refractivity (Wildman–Crippen MR) is 39.7 cm³/mol. The van der Waals surface area contributed by atoms with E-state index in [2.05, 4.69) is 4.74 Å². The molecule has 0 saturated heterocycles. The SMILES string of the molecule is NCCCCCC(=O)OC=O. The molecule has 0 aromatic rings. The largest absolute Gasteiger partial charge is 0.395 e. The number of carbonyl (C=O) groups is 2. The Labute approximate surface area is 65.7 Å². The average Bonchev–Trinajstić information content (AvgIpc) is 1.99. The Kier molecular flexibility index (Phi) is 6.62.